The van der Waals surface area contributed by atoms with Crippen LogP contribution in [-0.4, -0.2) is 53.0 Å². The van der Waals surface area contributed by atoms with Crippen molar-refractivity contribution in [3.63, 3.8) is 0 Å². The van der Waals surface area contributed by atoms with Crippen LogP contribution in [0.1, 0.15) is 27.2 Å². The highest BCUT2D eigenvalue weighted by Crippen LogP contribution is 2.35. The van der Waals surface area contributed by atoms with E-state index in [0.717, 1.165) is 0 Å². The smallest absolute Gasteiger partial charge is 0.411 e. The zero-order valence-electron chi connectivity index (χ0n) is 10.9. The van der Waals surface area contributed by atoms with Crippen molar-refractivity contribution in [2.24, 2.45) is 5.92 Å². The predicted molar refractivity (Wildman–Crippen MR) is 62.2 cm³/mol. The molecule has 0 aromatic heterocycles. The monoisotopic (exact) mass is 257 g/mol. The standard InChI is InChI=1S/C12H19NO5/c1-12(2,3)18-11(16)13-8(10(14)15)4-7-5-17-6-9(7)13/h7-9H,4-6H2,1-3H3,(H,14,15)/t7-,8+,9+/m0/s1. The fraction of sp³-hybridized carbons (Fsp3) is 0.833. The number of fused-ring (bicyclic) bond motifs is 1. The fourth-order valence-electron chi connectivity index (χ4n) is 2.55. The van der Waals surface area contributed by atoms with Crippen LogP contribution in [0.2, 0.25) is 0 Å². The summed E-state index contributed by atoms with van der Waals surface area (Å²) in [5.74, 6) is -0.867. The van der Waals surface area contributed by atoms with Gasteiger partial charge in [0.2, 0.25) is 0 Å². The molecule has 0 aromatic rings. The number of hydrogen-bond donors (Lipinski definition) is 1. The van der Waals surface area contributed by atoms with Crippen molar-refractivity contribution in [3.05, 3.63) is 0 Å². The number of rotatable bonds is 1. The minimum Gasteiger partial charge on any atom is -0.480 e. The molecule has 6 nitrogen and oxygen atoms in total. The molecule has 2 heterocycles. The van der Waals surface area contributed by atoms with Crippen molar-refractivity contribution in [2.45, 2.75) is 44.9 Å². The van der Waals surface area contributed by atoms with Gasteiger partial charge >= 0.3 is 12.1 Å². The third-order valence-corrected chi connectivity index (χ3v) is 3.27. The first-order chi connectivity index (χ1) is 8.29. The van der Waals surface area contributed by atoms with Gasteiger partial charge in [-0.3, -0.25) is 4.90 Å². The van der Waals surface area contributed by atoms with Crippen LogP contribution in [0.5, 0.6) is 0 Å². The average molecular weight is 257 g/mol. The van der Waals surface area contributed by atoms with Gasteiger partial charge in [-0.2, -0.15) is 0 Å². The Labute approximate surface area is 106 Å². The zero-order valence-corrected chi connectivity index (χ0v) is 10.9. The highest BCUT2D eigenvalue weighted by molar-refractivity contribution is 5.81. The van der Waals surface area contributed by atoms with E-state index in [1.54, 1.807) is 20.8 Å². The molecule has 0 unspecified atom stereocenters. The number of carboxylic acids is 1. The van der Waals surface area contributed by atoms with Crippen LogP contribution in [0.3, 0.4) is 0 Å². The van der Waals surface area contributed by atoms with Crippen LogP contribution in [0.25, 0.3) is 0 Å². The summed E-state index contributed by atoms with van der Waals surface area (Å²) in [6.07, 6.45) is -0.118. The van der Waals surface area contributed by atoms with Crippen LogP contribution in [-0.2, 0) is 14.3 Å². The Hall–Kier alpha value is -1.30. The Morgan fingerprint density at radius 2 is 2.00 bits per heavy atom. The Morgan fingerprint density at radius 3 is 2.56 bits per heavy atom. The third-order valence-electron chi connectivity index (χ3n) is 3.27. The van der Waals surface area contributed by atoms with Gasteiger partial charge in [0.05, 0.1) is 19.3 Å². The lowest BCUT2D eigenvalue weighted by Gasteiger charge is -2.30. The molecule has 0 saturated carbocycles. The van der Waals surface area contributed by atoms with Gasteiger partial charge in [-0.1, -0.05) is 0 Å². The molecule has 2 rings (SSSR count). The molecule has 2 aliphatic heterocycles. The number of carbonyl (C=O) groups excluding carboxylic acids is 1. The van der Waals surface area contributed by atoms with Crippen LogP contribution in [0, 0.1) is 5.92 Å². The predicted octanol–water partition coefficient (Wildman–Crippen LogP) is 1.10. The molecule has 0 radical (unpaired) electrons. The number of carbonyl (C=O) groups is 2. The Bertz CT molecular complexity index is 362. The van der Waals surface area contributed by atoms with Crippen molar-refractivity contribution in [2.75, 3.05) is 13.2 Å². The lowest BCUT2D eigenvalue weighted by atomic mass is 10.0. The molecule has 0 bridgehead atoms. The van der Waals surface area contributed by atoms with Gasteiger partial charge in [0, 0.05) is 5.92 Å². The third kappa shape index (κ3) is 2.43. The molecule has 102 valence electrons. The van der Waals surface area contributed by atoms with Gasteiger partial charge in [0.1, 0.15) is 11.6 Å². The second-order valence-electron chi connectivity index (χ2n) is 5.84. The van der Waals surface area contributed by atoms with E-state index in [1.807, 2.05) is 0 Å². The number of amides is 1. The maximum Gasteiger partial charge on any atom is 0.411 e. The Kier molecular flexibility index (Phi) is 3.23. The molecule has 0 aliphatic carbocycles. The first-order valence-electron chi connectivity index (χ1n) is 6.11. The molecule has 0 spiro atoms. The van der Waals surface area contributed by atoms with Gasteiger partial charge in [-0.05, 0) is 27.2 Å². The van der Waals surface area contributed by atoms with Gasteiger partial charge in [0.15, 0.2) is 0 Å². The van der Waals surface area contributed by atoms with E-state index >= 15 is 0 Å². The van der Waals surface area contributed by atoms with Crippen LogP contribution >= 0.6 is 0 Å². The number of hydrogen-bond acceptors (Lipinski definition) is 4. The summed E-state index contributed by atoms with van der Waals surface area (Å²) in [5.41, 5.74) is -0.627. The number of likely N-dealkylation sites (tertiary alicyclic amines) is 1. The van der Waals surface area contributed by atoms with Crippen molar-refractivity contribution in [1.82, 2.24) is 4.90 Å². The maximum atomic E-state index is 12.1. The van der Waals surface area contributed by atoms with Crippen LogP contribution in [0.4, 0.5) is 4.79 Å². The Morgan fingerprint density at radius 1 is 1.33 bits per heavy atom. The van der Waals surface area contributed by atoms with Crippen molar-refractivity contribution < 1.29 is 24.2 Å². The molecule has 2 aliphatic rings. The molecular weight excluding hydrogens is 238 g/mol. The summed E-state index contributed by atoms with van der Waals surface area (Å²) in [5, 5.41) is 9.20. The van der Waals surface area contributed by atoms with E-state index < -0.39 is 23.7 Å². The van der Waals surface area contributed by atoms with Gasteiger partial charge in [-0.15, -0.1) is 0 Å². The van der Waals surface area contributed by atoms with E-state index in [1.165, 1.54) is 4.90 Å². The van der Waals surface area contributed by atoms with Gasteiger partial charge in [0.25, 0.3) is 0 Å². The SMILES string of the molecule is CC(C)(C)OC(=O)N1[C@@H](C(=O)O)C[C@H]2COC[C@H]21. The summed E-state index contributed by atoms with van der Waals surface area (Å²) in [4.78, 5) is 24.7. The summed E-state index contributed by atoms with van der Waals surface area (Å²) < 4.78 is 10.6. The average Bonchev–Trinajstić information content (AvgIpc) is 2.70. The minimum atomic E-state index is -0.977. The Balaban J connectivity index is 2.16. The van der Waals surface area contributed by atoms with Crippen LogP contribution in [0.15, 0.2) is 0 Å². The first kappa shape index (κ1) is 13.1. The van der Waals surface area contributed by atoms with Crippen molar-refractivity contribution in [1.29, 1.82) is 0 Å². The normalized spacial score (nSPS) is 31.3. The number of ether oxygens (including phenoxy) is 2. The van der Waals surface area contributed by atoms with E-state index in [-0.39, 0.29) is 12.0 Å². The van der Waals surface area contributed by atoms with E-state index in [4.69, 9.17) is 9.47 Å². The molecule has 2 saturated heterocycles. The highest BCUT2D eigenvalue weighted by atomic mass is 16.6. The molecular formula is C12H19NO5. The van der Waals surface area contributed by atoms with Crippen LogP contribution < -0.4 is 0 Å². The molecule has 2 fully saturated rings. The lowest BCUT2D eigenvalue weighted by molar-refractivity contribution is -0.142. The largest absolute Gasteiger partial charge is 0.480 e. The number of aliphatic carboxylic acids is 1. The molecule has 18 heavy (non-hydrogen) atoms. The zero-order chi connectivity index (χ0) is 13.5. The molecule has 3 atom stereocenters. The van der Waals surface area contributed by atoms with E-state index in [2.05, 4.69) is 0 Å². The fourth-order valence-corrected chi connectivity index (χ4v) is 2.55. The maximum absolute atomic E-state index is 12.1. The van der Waals surface area contributed by atoms with E-state index in [9.17, 15) is 14.7 Å². The topological polar surface area (TPSA) is 76.1 Å². The second kappa shape index (κ2) is 4.42. The molecule has 6 heteroatoms. The first-order valence-corrected chi connectivity index (χ1v) is 6.11. The second-order valence-corrected chi connectivity index (χ2v) is 5.84. The summed E-state index contributed by atoms with van der Waals surface area (Å²) in [6, 6.07) is -0.959. The summed E-state index contributed by atoms with van der Waals surface area (Å²) in [7, 11) is 0. The summed E-state index contributed by atoms with van der Waals surface area (Å²) >= 11 is 0. The lowest BCUT2D eigenvalue weighted by Crippen LogP contribution is -2.48. The quantitative estimate of drug-likeness (QED) is 0.761. The van der Waals surface area contributed by atoms with Crippen molar-refractivity contribution >= 4 is 12.1 Å². The number of nitrogens with zero attached hydrogens (tertiary/aromatic N) is 1. The molecule has 0 aromatic carbocycles. The number of carboxylic acid groups (broad SMARTS) is 1. The van der Waals surface area contributed by atoms with Crippen molar-refractivity contribution in [3.8, 4) is 0 Å². The van der Waals surface area contributed by atoms with E-state index in [0.29, 0.717) is 19.6 Å². The summed E-state index contributed by atoms with van der Waals surface area (Å²) in [6.45, 7) is 6.21. The molecule has 1 N–H and O–H groups in total. The minimum absolute atomic E-state index is 0.110. The van der Waals surface area contributed by atoms with Gasteiger partial charge in [-0.25, -0.2) is 9.59 Å². The van der Waals surface area contributed by atoms with Gasteiger partial charge < -0.3 is 14.6 Å². The molecule has 1 amide bonds. The highest BCUT2D eigenvalue weighted by Gasteiger charge is 2.50.